The Bertz CT molecular complexity index is 729. The van der Waals surface area contributed by atoms with Crippen molar-refractivity contribution in [3.8, 4) is 0 Å². The van der Waals surface area contributed by atoms with Crippen molar-refractivity contribution < 1.29 is 4.79 Å². The Hall–Kier alpha value is -2.09. The standard InChI is InChI=1S/C32H49NO/c1-4-5-6-7-8-9-10-11-12-13-14-15-16-23-28-32(31(34)33(2)3,29-24-19-17-20-25-29)30-26-21-18-22-27-30/h17-22,24-27H,4-16,23,28H2,1-3H3. The van der Waals surface area contributed by atoms with Crippen molar-refractivity contribution >= 4 is 5.91 Å². The minimum Gasteiger partial charge on any atom is -0.348 e. The molecule has 2 heteroatoms. The summed E-state index contributed by atoms with van der Waals surface area (Å²) in [4.78, 5) is 15.4. The monoisotopic (exact) mass is 463 g/mol. The first kappa shape index (κ1) is 28.1. The van der Waals surface area contributed by atoms with Gasteiger partial charge in [0.1, 0.15) is 0 Å². The Labute approximate surface area is 210 Å². The lowest BCUT2D eigenvalue weighted by molar-refractivity contribution is -0.133. The molecular formula is C32H49NO. The first-order chi connectivity index (χ1) is 16.6. The van der Waals surface area contributed by atoms with Crippen LogP contribution >= 0.6 is 0 Å². The van der Waals surface area contributed by atoms with Crippen molar-refractivity contribution in [1.82, 2.24) is 4.90 Å². The van der Waals surface area contributed by atoms with Gasteiger partial charge in [-0.3, -0.25) is 4.79 Å². The van der Waals surface area contributed by atoms with Crippen LogP contribution in [0.15, 0.2) is 60.7 Å². The van der Waals surface area contributed by atoms with Crippen LogP contribution in [0.5, 0.6) is 0 Å². The highest BCUT2D eigenvalue weighted by atomic mass is 16.2. The van der Waals surface area contributed by atoms with Crippen molar-refractivity contribution in [1.29, 1.82) is 0 Å². The molecular weight excluding hydrogens is 414 g/mol. The Morgan fingerprint density at radius 1 is 0.588 bits per heavy atom. The zero-order valence-electron chi connectivity index (χ0n) is 22.2. The smallest absolute Gasteiger partial charge is 0.237 e. The summed E-state index contributed by atoms with van der Waals surface area (Å²) in [5.74, 6) is 0.180. The van der Waals surface area contributed by atoms with Crippen LogP contribution in [0.1, 0.15) is 114 Å². The Morgan fingerprint density at radius 3 is 1.29 bits per heavy atom. The van der Waals surface area contributed by atoms with E-state index in [9.17, 15) is 4.79 Å². The van der Waals surface area contributed by atoms with Gasteiger partial charge in [-0.15, -0.1) is 0 Å². The molecule has 2 nitrogen and oxygen atoms in total. The number of nitrogens with zero attached hydrogens (tertiary/aromatic N) is 1. The van der Waals surface area contributed by atoms with Crippen molar-refractivity contribution in [2.75, 3.05) is 14.1 Å². The number of hydrogen-bond donors (Lipinski definition) is 0. The number of rotatable bonds is 18. The zero-order valence-corrected chi connectivity index (χ0v) is 22.2. The fraction of sp³-hybridized carbons (Fsp3) is 0.594. The molecule has 0 aliphatic carbocycles. The van der Waals surface area contributed by atoms with Crippen LogP contribution in [-0.2, 0) is 10.2 Å². The van der Waals surface area contributed by atoms with Crippen LogP contribution < -0.4 is 0 Å². The second-order valence-corrected chi connectivity index (χ2v) is 10.2. The molecule has 0 aliphatic rings. The third-order valence-electron chi connectivity index (χ3n) is 7.21. The number of carbonyl (C=O) groups excluding carboxylic acids is 1. The highest BCUT2D eigenvalue weighted by Crippen LogP contribution is 2.39. The predicted molar refractivity (Wildman–Crippen MR) is 147 cm³/mol. The summed E-state index contributed by atoms with van der Waals surface area (Å²) in [5, 5.41) is 0. The second kappa shape index (κ2) is 16.5. The predicted octanol–water partition coefficient (Wildman–Crippen LogP) is 8.93. The lowest BCUT2D eigenvalue weighted by Gasteiger charge is -2.36. The van der Waals surface area contributed by atoms with Crippen molar-refractivity contribution in [2.45, 2.75) is 109 Å². The molecule has 2 rings (SSSR count). The van der Waals surface area contributed by atoms with Gasteiger partial charge in [0.2, 0.25) is 5.91 Å². The maximum Gasteiger partial charge on any atom is 0.237 e. The van der Waals surface area contributed by atoms with Gasteiger partial charge in [0.25, 0.3) is 0 Å². The van der Waals surface area contributed by atoms with Crippen LogP contribution in [0.4, 0.5) is 0 Å². The van der Waals surface area contributed by atoms with Crippen LogP contribution in [-0.4, -0.2) is 24.9 Å². The number of likely N-dealkylation sites (N-methyl/N-ethyl adjacent to an activating group) is 1. The molecule has 0 unspecified atom stereocenters. The van der Waals surface area contributed by atoms with Gasteiger partial charge in [0.15, 0.2) is 0 Å². The average Bonchev–Trinajstić information content (AvgIpc) is 2.87. The third kappa shape index (κ3) is 8.93. The summed E-state index contributed by atoms with van der Waals surface area (Å²) in [5.41, 5.74) is 1.60. The van der Waals surface area contributed by atoms with Crippen LogP contribution in [0.25, 0.3) is 0 Å². The molecule has 0 heterocycles. The van der Waals surface area contributed by atoms with E-state index in [4.69, 9.17) is 0 Å². The Kier molecular flexibility index (Phi) is 13.7. The lowest BCUT2D eigenvalue weighted by atomic mass is 9.70. The van der Waals surface area contributed by atoms with E-state index in [2.05, 4.69) is 55.5 Å². The van der Waals surface area contributed by atoms with Crippen molar-refractivity contribution in [2.24, 2.45) is 0 Å². The van der Waals surface area contributed by atoms with Gasteiger partial charge in [-0.25, -0.2) is 0 Å². The molecule has 0 saturated heterocycles. The molecule has 0 aliphatic heterocycles. The molecule has 0 fully saturated rings. The van der Waals surface area contributed by atoms with Crippen molar-refractivity contribution in [3.63, 3.8) is 0 Å². The Balaban J connectivity index is 1.81. The minimum atomic E-state index is -0.608. The van der Waals surface area contributed by atoms with Gasteiger partial charge < -0.3 is 4.90 Å². The molecule has 0 bridgehead atoms. The molecule has 2 aromatic carbocycles. The summed E-state index contributed by atoms with van der Waals surface area (Å²) in [6, 6.07) is 20.8. The highest BCUT2D eigenvalue weighted by Gasteiger charge is 2.42. The molecule has 188 valence electrons. The molecule has 0 saturated carbocycles. The lowest BCUT2D eigenvalue weighted by Crippen LogP contribution is -2.44. The van der Waals surface area contributed by atoms with E-state index in [0.717, 1.165) is 24.0 Å². The van der Waals surface area contributed by atoms with E-state index in [-0.39, 0.29) is 5.91 Å². The molecule has 0 aromatic heterocycles. The molecule has 2 aromatic rings. The molecule has 0 atom stereocenters. The first-order valence-electron chi connectivity index (χ1n) is 14.0. The van der Waals surface area contributed by atoms with Gasteiger partial charge in [0.05, 0.1) is 5.41 Å². The summed E-state index contributed by atoms with van der Waals surface area (Å²) in [6.07, 6.45) is 19.7. The minimum absolute atomic E-state index is 0.180. The SMILES string of the molecule is CCCCCCCCCCCCCCCCC(C(=O)N(C)C)(c1ccccc1)c1ccccc1. The maximum absolute atomic E-state index is 13.7. The maximum atomic E-state index is 13.7. The number of benzene rings is 2. The fourth-order valence-corrected chi connectivity index (χ4v) is 5.22. The van der Waals surface area contributed by atoms with Crippen LogP contribution in [0, 0.1) is 0 Å². The van der Waals surface area contributed by atoms with E-state index in [1.807, 2.05) is 26.2 Å². The summed E-state index contributed by atoms with van der Waals surface area (Å²) in [7, 11) is 3.77. The molecule has 0 N–H and O–H groups in total. The van der Waals surface area contributed by atoms with Gasteiger partial charge in [-0.2, -0.15) is 0 Å². The van der Waals surface area contributed by atoms with E-state index in [0.29, 0.717) is 0 Å². The van der Waals surface area contributed by atoms with E-state index in [1.165, 1.54) is 83.5 Å². The normalized spacial score (nSPS) is 11.5. The number of amides is 1. The van der Waals surface area contributed by atoms with E-state index < -0.39 is 5.41 Å². The van der Waals surface area contributed by atoms with Gasteiger partial charge in [-0.1, -0.05) is 157 Å². The third-order valence-corrected chi connectivity index (χ3v) is 7.21. The highest BCUT2D eigenvalue weighted by molar-refractivity contribution is 5.91. The summed E-state index contributed by atoms with van der Waals surface area (Å²) < 4.78 is 0. The van der Waals surface area contributed by atoms with Gasteiger partial charge >= 0.3 is 0 Å². The Morgan fingerprint density at radius 2 is 0.941 bits per heavy atom. The molecule has 1 amide bonds. The summed E-state index contributed by atoms with van der Waals surface area (Å²) in [6.45, 7) is 2.28. The number of hydrogen-bond acceptors (Lipinski definition) is 1. The quantitative estimate of drug-likeness (QED) is 0.202. The summed E-state index contributed by atoms with van der Waals surface area (Å²) >= 11 is 0. The van der Waals surface area contributed by atoms with Crippen LogP contribution in [0.3, 0.4) is 0 Å². The van der Waals surface area contributed by atoms with Gasteiger partial charge in [-0.05, 0) is 17.5 Å². The number of unbranched alkanes of at least 4 members (excludes halogenated alkanes) is 13. The zero-order chi connectivity index (χ0) is 24.5. The van der Waals surface area contributed by atoms with Gasteiger partial charge in [0, 0.05) is 14.1 Å². The van der Waals surface area contributed by atoms with Crippen LogP contribution in [0.2, 0.25) is 0 Å². The number of carbonyl (C=O) groups is 1. The largest absolute Gasteiger partial charge is 0.348 e. The van der Waals surface area contributed by atoms with Crippen molar-refractivity contribution in [3.05, 3.63) is 71.8 Å². The molecule has 0 spiro atoms. The van der Waals surface area contributed by atoms with E-state index >= 15 is 0 Å². The fourth-order valence-electron chi connectivity index (χ4n) is 5.22. The second-order valence-electron chi connectivity index (χ2n) is 10.2. The first-order valence-corrected chi connectivity index (χ1v) is 14.0. The molecule has 0 radical (unpaired) electrons. The average molecular weight is 464 g/mol. The molecule has 34 heavy (non-hydrogen) atoms. The topological polar surface area (TPSA) is 20.3 Å². The van der Waals surface area contributed by atoms with E-state index in [1.54, 1.807) is 4.90 Å².